The maximum absolute atomic E-state index is 11.4. The van der Waals surface area contributed by atoms with Crippen molar-refractivity contribution in [1.29, 1.82) is 0 Å². The number of rotatable bonds is 5. The van der Waals surface area contributed by atoms with Gasteiger partial charge in [0.05, 0.1) is 6.61 Å². The normalized spacial score (nSPS) is 17.6. The SMILES string of the molecule is CCOC(=O)C(O)(CC)C(C)CC. The van der Waals surface area contributed by atoms with E-state index in [2.05, 4.69) is 0 Å². The van der Waals surface area contributed by atoms with E-state index in [-0.39, 0.29) is 5.92 Å². The number of ether oxygens (including phenoxy) is 1. The number of hydrogen-bond donors (Lipinski definition) is 1. The molecule has 0 radical (unpaired) electrons. The second-order valence-corrected chi connectivity index (χ2v) is 3.31. The average Bonchev–Trinajstić information content (AvgIpc) is 2.15. The lowest BCUT2D eigenvalue weighted by molar-refractivity contribution is -0.171. The zero-order valence-electron chi connectivity index (χ0n) is 8.96. The predicted octanol–water partition coefficient (Wildman–Crippen LogP) is 1.74. The lowest BCUT2D eigenvalue weighted by atomic mass is 9.85. The Morgan fingerprint density at radius 2 is 2.00 bits per heavy atom. The molecule has 0 bridgehead atoms. The van der Waals surface area contributed by atoms with Crippen LogP contribution in [0, 0.1) is 5.92 Å². The fourth-order valence-corrected chi connectivity index (χ4v) is 1.29. The lowest BCUT2D eigenvalue weighted by Gasteiger charge is -2.29. The average molecular weight is 188 g/mol. The van der Waals surface area contributed by atoms with Crippen molar-refractivity contribution in [3.8, 4) is 0 Å². The summed E-state index contributed by atoms with van der Waals surface area (Å²) in [4.78, 5) is 11.4. The van der Waals surface area contributed by atoms with Gasteiger partial charge in [-0.25, -0.2) is 4.79 Å². The second kappa shape index (κ2) is 5.22. The highest BCUT2D eigenvalue weighted by atomic mass is 16.5. The molecule has 0 rings (SSSR count). The third-order valence-corrected chi connectivity index (χ3v) is 2.60. The molecule has 0 spiro atoms. The molecule has 0 aliphatic carbocycles. The molecule has 3 heteroatoms. The highest BCUT2D eigenvalue weighted by Gasteiger charge is 2.40. The first-order valence-electron chi connectivity index (χ1n) is 4.92. The minimum atomic E-state index is -1.30. The van der Waals surface area contributed by atoms with Crippen LogP contribution < -0.4 is 0 Å². The summed E-state index contributed by atoms with van der Waals surface area (Å²) in [6.07, 6.45) is 1.17. The molecule has 3 nitrogen and oxygen atoms in total. The van der Waals surface area contributed by atoms with Crippen molar-refractivity contribution in [3.05, 3.63) is 0 Å². The van der Waals surface area contributed by atoms with Crippen LogP contribution >= 0.6 is 0 Å². The summed E-state index contributed by atoms with van der Waals surface area (Å²) < 4.78 is 4.83. The summed E-state index contributed by atoms with van der Waals surface area (Å²) in [6.45, 7) is 7.66. The van der Waals surface area contributed by atoms with Crippen molar-refractivity contribution in [3.63, 3.8) is 0 Å². The number of carbonyl (C=O) groups is 1. The topological polar surface area (TPSA) is 46.5 Å². The summed E-state index contributed by atoms with van der Waals surface area (Å²) in [7, 11) is 0. The molecule has 1 N–H and O–H groups in total. The van der Waals surface area contributed by atoms with Crippen molar-refractivity contribution < 1.29 is 14.6 Å². The van der Waals surface area contributed by atoms with Crippen LogP contribution in [-0.4, -0.2) is 23.3 Å². The minimum absolute atomic E-state index is 0.0588. The van der Waals surface area contributed by atoms with Gasteiger partial charge in [-0.05, 0) is 19.3 Å². The molecule has 0 fully saturated rings. The Hall–Kier alpha value is -0.570. The number of aliphatic hydroxyl groups is 1. The summed E-state index contributed by atoms with van der Waals surface area (Å²) in [6, 6.07) is 0. The van der Waals surface area contributed by atoms with Crippen LogP contribution in [0.5, 0.6) is 0 Å². The van der Waals surface area contributed by atoms with Crippen molar-refractivity contribution in [2.75, 3.05) is 6.61 Å². The van der Waals surface area contributed by atoms with Gasteiger partial charge < -0.3 is 9.84 Å². The van der Waals surface area contributed by atoms with Crippen LogP contribution in [0.25, 0.3) is 0 Å². The van der Waals surface area contributed by atoms with Gasteiger partial charge in [-0.3, -0.25) is 0 Å². The Morgan fingerprint density at radius 3 is 2.31 bits per heavy atom. The first-order valence-corrected chi connectivity index (χ1v) is 4.92. The molecule has 13 heavy (non-hydrogen) atoms. The monoisotopic (exact) mass is 188 g/mol. The Morgan fingerprint density at radius 1 is 1.46 bits per heavy atom. The first kappa shape index (κ1) is 12.4. The summed E-state index contributed by atoms with van der Waals surface area (Å²) in [5.74, 6) is -0.552. The first-order chi connectivity index (χ1) is 6.02. The van der Waals surface area contributed by atoms with Crippen molar-refractivity contribution in [2.24, 2.45) is 5.92 Å². The zero-order chi connectivity index (χ0) is 10.5. The van der Waals surface area contributed by atoms with Gasteiger partial charge in [0, 0.05) is 0 Å². The van der Waals surface area contributed by atoms with E-state index in [1.165, 1.54) is 0 Å². The van der Waals surface area contributed by atoms with Gasteiger partial charge in [0.1, 0.15) is 0 Å². The third kappa shape index (κ3) is 2.69. The smallest absolute Gasteiger partial charge is 0.338 e. The molecular formula is C10H20O3. The molecule has 0 aliphatic rings. The van der Waals surface area contributed by atoms with Gasteiger partial charge >= 0.3 is 5.97 Å². The lowest BCUT2D eigenvalue weighted by Crippen LogP contribution is -2.45. The fraction of sp³-hybridized carbons (Fsp3) is 0.900. The number of carbonyl (C=O) groups excluding carboxylic acids is 1. The number of hydrogen-bond acceptors (Lipinski definition) is 3. The highest BCUT2D eigenvalue weighted by molar-refractivity contribution is 5.79. The second-order valence-electron chi connectivity index (χ2n) is 3.31. The van der Waals surface area contributed by atoms with Crippen LogP contribution in [0.3, 0.4) is 0 Å². The largest absolute Gasteiger partial charge is 0.464 e. The van der Waals surface area contributed by atoms with E-state index >= 15 is 0 Å². The van der Waals surface area contributed by atoms with Gasteiger partial charge in [-0.1, -0.05) is 27.2 Å². The maximum atomic E-state index is 11.4. The van der Waals surface area contributed by atoms with Gasteiger partial charge in [-0.2, -0.15) is 0 Å². The van der Waals surface area contributed by atoms with Gasteiger partial charge in [-0.15, -0.1) is 0 Å². The van der Waals surface area contributed by atoms with Crippen molar-refractivity contribution in [2.45, 2.75) is 46.1 Å². The molecule has 0 aromatic carbocycles. The van der Waals surface area contributed by atoms with Crippen LogP contribution in [0.4, 0.5) is 0 Å². The summed E-state index contributed by atoms with van der Waals surface area (Å²) >= 11 is 0. The quantitative estimate of drug-likeness (QED) is 0.668. The van der Waals surface area contributed by atoms with Crippen LogP contribution in [0.2, 0.25) is 0 Å². The molecule has 2 atom stereocenters. The Kier molecular flexibility index (Phi) is 4.99. The van der Waals surface area contributed by atoms with Gasteiger partial charge in [0.25, 0.3) is 0 Å². The standard InChI is InChI=1S/C10H20O3/c1-5-8(4)10(12,6-2)9(11)13-7-3/h8,12H,5-7H2,1-4H3. The molecule has 0 saturated heterocycles. The van der Waals surface area contributed by atoms with E-state index in [4.69, 9.17) is 4.74 Å². The molecular weight excluding hydrogens is 168 g/mol. The molecule has 0 saturated carbocycles. The third-order valence-electron chi connectivity index (χ3n) is 2.60. The molecule has 0 aliphatic heterocycles. The van der Waals surface area contributed by atoms with Crippen molar-refractivity contribution in [1.82, 2.24) is 0 Å². The molecule has 0 aromatic heterocycles. The van der Waals surface area contributed by atoms with E-state index in [1.807, 2.05) is 13.8 Å². The molecule has 0 amide bonds. The van der Waals surface area contributed by atoms with Crippen LogP contribution in [0.15, 0.2) is 0 Å². The molecule has 2 unspecified atom stereocenters. The number of esters is 1. The Balaban J connectivity index is 4.51. The van der Waals surface area contributed by atoms with Gasteiger partial charge in [0.2, 0.25) is 0 Å². The van der Waals surface area contributed by atoms with E-state index in [0.717, 1.165) is 6.42 Å². The molecule has 78 valence electrons. The highest BCUT2D eigenvalue weighted by Crippen LogP contribution is 2.25. The summed E-state index contributed by atoms with van der Waals surface area (Å²) in [5.41, 5.74) is -1.30. The summed E-state index contributed by atoms with van der Waals surface area (Å²) in [5, 5.41) is 10.0. The molecule has 0 aromatic rings. The van der Waals surface area contributed by atoms with E-state index < -0.39 is 11.6 Å². The minimum Gasteiger partial charge on any atom is -0.464 e. The predicted molar refractivity (Wildman–Crippen MR) is 51.3 cm³/mol. The van der Waals surface area contributed by atoms with E-state index in [1.54, 1.807) is 13.8 Å². The Labute approximate surface area is 80.1 Å². The van der Waals surface area contributed by atoms with Crippen molar-refractivity contribution >= 4 is 5.97 Å². The zero-order valence-corrected chi connectivity index (χ0v) is 8.96. The Bertz CT molecular complexity index is 168. The maximum Gasteiger partial charge on any atom is 0.338 e. The van der Waals surface area contributed by atoms with Crippen LogP contribution in [-0.2, 0) is 9.53 Å². The molecule has 0 heterocycles. The van der Waals surface area contributed by atoms with Gasteiger partial charge in [0.15, 0.2) is 5.60 Å². The fourth-order valence-electron chi connectivity index (χ4n) is 1.29. The van der Waals surface area contributed by atoms with E-state index in [0.29, 0.717) is 13.0 Å². The van der Waals surface area contributed by atoms with E-state index in [9.17, 15) is 9.90 Å². The van der Waals surface area contributed by atoms with Crippen LogP contribution in [0.1, 0.15) is 40.5 Å².